The third-order valence-corrected chi connectivity index (χ3v) is 8.53. The fraction of sp³-hybridized carbons (Fsp3) is 0.310. The molecule has 0 aliphatic heterocycles. The SMILES string of the molecule is CCCCNC(=O)[C@H](C)N(Cc1ccc(Br)cc1)C(=O)CN(c1ccccc1OC)S(=O)(=O)c1ccccc1. The van der Waals surface area contributed by atoms with Crippen molar-refractivity contribution in [2.45, 2.75) is 44.2 Å². The highest BCUT2D eigenvalue weighted by molar-refractivity contribution is 9.10. The molecule has 0 fully saturated rings. The number of para-hydroxylation sites is 2. The fourth-order valence-corrected chi connectivity index (χ4v) is 5.68. The molecule has 0 unspecified atom stereocenters. The highest BCUT2D eigenvalue weighted by Crippen LogP contribution is 2.32. The Morgan fingerprint density at radius 3 is 2.26 bits per heavy atom. The maximum atomic E-state index is 13.9. The normalized spacial score (nSPS) is 11.9. The van der Waals surface area contributed by atoms with E-state index in [-0.39, 0.29) is 23.0 Å². The van der Waals surface area contributed by atoms with Gasteiger partial charge in [0.05, 0.1) is 17.7 Å². The number of benzene rings is 3. The number of amides is 2. The zero-order valence-electron chi connectivity index (χ0n) is 22.3. The third-order valence-electron chi connectivity index (χ3n) is 6.23. The van der Waals surface area contributed by atoms with Crippen LogP contribution < -0.4 is 14.4 Å². The lowest BCUT2D eigenvalue weighted by Gasteiger charge is -2.32. The Labute approximate surface area is 239 Å². The van der Waals surface area contributed by atoms with Crippen LogP contribution in [0.3, 0.4) is 0 Å². The van der Waals surface area contributed by atoms with Crippen LogP contribution in [0.4, 0.5) is 5.69 Å². The van der Waals surface area contributed by atoms with Gasteiger partial charge in [0.2, 0.25) is 11.8 Å². The van der Waals surface area contributed by atoms with E-state index in [0.717, 1.165) is 27.2 Å². The predicted octanol–water partition coefficient (Wildman–Crippen LogP) is 4.99. The van der Waals surface area contributed by atoms with Gasteiger partial charge < -0.3 is 15.0 Å². The minimum absolute atomic E-state index is 0.0357. The van der Waals surface area contributed by atoms with Crippen LogP contribution in [0.15, 0.2) is 88.2 Å². The molecule has 0 aromatic heterocycles. The van der Waals surface area contributed by atoms with E-state index in [1.807, 2.05) is 31.2 Å². The number of halogens is 1. The molecular formula is C29H34BrN3O5S. The number of methoxy groups -OCH3 is 1. The van der Waals surface area contributed by atoms with Gasteiger partial charge in [-0.15, -0.1) is 0 Å². The Morgan fingerprint density at radius 1 is 0.974 bits per heavy atom. The van der Waals surface area contributed by atoms with E-state index in [2.05, 4.69) is 21.2 Å². The number of anilines is 1. The number of hydrogen-bond acceptors (Lipinski definition) is 5. The molecule has 8 nitrogen and oxygen atoms in total. The quantitative estimate of drug-likeness (QED) is 0.273. The third kappa shape index (κ3) is 7.83. The Morgan fingerprint density at radius 2 is 1.62 bits per heavy atom. The lowest BCUT2D eigenvalue weighted by molar-refractivity contribution is -0.139. The molecule has 3 rings (SSSR count). The largest absolute Gasteiger partial charge is 0.495 e. The van der Waals surface area contributed by atoms with Crippen LogP contribution in [0.2, 0.25) is 0 Å². The zero-order chi connectivity index (χ0) is 28.4. The average molecular weight is 617 g/mol. The van der Waals surface area contributed by atoms with Crippen molar-refractivity contribution < 1.29 is 22.7 Å². The molecular weight excluding hydrogens is 582 g/mol. The van der Waals surface area contributed by atoms with Crippen molar-refractivity contribution in [3.05, 3.63) is 88.9 Å². The van der Waals surface area contributed by atoms with Gasteiger partial charge in [0.1, 0.15) is 18.3 Å². The summed E-state index contributed by atoms with van der Waals surface area (Å²) in [4.78, 5) is 28.4. The highest BCUT2D eigenvalue weighted by atomic mass is 79.9. The Balaban J connectivity index is 2.02. The lowest BCUT2D eigenvalue weighted by atomic mass is 10.1. The summed E-state index contributed by atoms with van der Waals surface area (Å²) in [5.41, 5.74) is 1.02. The minimum Gasteiger partial charge on any atom is -0.495 e. The molecule has 0 bridgehead atoms. The molecule has 208 valence electrons. The number of ether oxygens (including phenoxy) is 1. The van der Waals surface area contributed by atoms with Crippen LogP contribution in [0.1, 0.15) is 32.3 Å². The van der Waals surface area contributed by atoms with E-state index >= 15 is 0 Å². The van der Waals surface area contributed by atoms with Crippen LogP contribution in [0.5, 0.6) is 5.75 Å². The van der Waals surface area contributed by atoms with Gasteiger partial charge in [0.15, 0.2) is 0 Å². The van der Waals surface area contributed by atoms with E-state index in [0.29, 0.717) is 12.3 Å². The average Bonchev–Trinajstić information content (AvgIpc) is 2.95. The van der Waals surface area contributed by atoms with E-state index in [1.165, 1.54) is 24.1 Å². The molecule has 0 aliphatic rings. The van der Waals surface area contributed by atoms with Crippen LogP contribution >= 0.6 is 15.9 Å². The monoisotopic (exact) mass is 615 g/mol. The van der Waals surface area contributed by atoms with Crippen molar-refractivity contribution in [2.75, 3.05) is 24.5 Å². The van der Waals surface area contributed by atoms with Crippen molar-refractivity contribution in [3.63, 3.8) is 0 Å². The number of sulfonamides is 1. The summed E-state index contributed by atoms with van der Waals surface area (Å²) in [6, 6.07) is 21.1. The molecule has 1 N–H and O–H groups in total. The second-order valence-corrected chi connectivity index (χ2v) is 11.7. The van der Waals surface area contributed by atoms with Crippen LogP contribution in [-0.4, -0.2) is 51.4 Å². The van der Waals surface area contributed by atoms with E-state index < -0.39 is 28.5 Å². The molecule has 0 radical (unpaired) electrons. The van der Waals surface area contributed by atoms with Gasteiger partial charge in [-0.2, -0.15) is 0 Å². The lowest BCUT2D eigenvalue weighted by Crippen LogP contribution is -2.51. The zero-order valence-corrected chi connectivity index (χ0v) is 24.7. The maximum absolute atomic E-state index is 13.9. The Bertz CT molecular complexity index is 1350. The van der Waals surface area contributed by atoms with Crippen LogP contribution in [0, 0.1) is 0 Å². The van der Waals surface area contributed by atoms with Crippen LogP contribution in [-0.2, 0) is 26.2 Å². The molecule has 3 aromatic carbocycles. The smallest absolute Gasteiger partial charge is 0.264 e. The predicted molar refractivity (Wildman–Crippen MR) is 156 cm³/mol. The second-order valence-electron chi connectivity index (χ2n) is 8.97. The first-order valence-corrected chi connectivity index (χ1v) is 14.9. The summed E-state index contributed by atoms with van der Waals surface area (Å²) in [6.07, 6.45) is 1.73. The van der Waals surface area contributed by atoms with Gasteiger partial charge in [-0.3, -0.25) is 13.9 Å². The molecule has 0 aliphatic carbocycles. The Hall–Kier alpha value is -3.37. The van der Waals surface area contributed by atoms with Crippen molar-refractivity contribution >= 4 is 43.5 Å². The first-order chi connectivity index (χ1) is 18.7. The van der Waals surface area contributed by atoms with Gasteiger partial charge in [-0.1, -0.05) is 71.7 Å². The molecule has 2 amide bonds. The van der Waals surface area contributed by atoms with Crippen LogP contribution in [0.25, 0.3) is 0 Å². The van der Waals surface area contributed by atoms with Gasteiger partial charge in [0, 0.05) is 17.6 Å². The first-order valence-electron chi connectivity index (χ1n) is 12.7. The number of carbonyl (C=O) groups is 2. The topological polar surface area (TPSA) is 96.0 Å². The van der Waals surface area contributed by atoms with Crippen molar-refractivity contribution in [1.82, 2.24) is 10.2 Å². The molecule has 0 saturated heterocycles. The summed E-state index contributed by atoms with van der Waals surface area (Å²) in [5, 5.41) is 2.88. The van der Waals surface area contributed by atoms with Gasteiger partial charge in [0.25, 0.3) is 10.0 Å². The molecule has 3 aromatic rings. The molecule has 1 atom stereocenters. The summed E-state index contributed by atoms with van der Waals surface area (Å²) < 4.78 is 35.1. The first kappa shape index (κ1) is 30.2. The standard InChI is InChI=1S/C29H34BrN3O5S/c1-4-5-19-31-29(35)22(2)32(20-23-15-17-24(30)18-16-23)28(34)21-33(26-13-9-10-14-27(26)38-3)39(36,37)25-11-7-6-8-12-25/h6-18,22H,4-5,19-21H2,1-3H3,(H,31,35)/t22-/m0/s1. The van der Waals surface area contributed by atoms with Gasteiger partial charge >= 0.3 is 0 Å². The van der Waals surface area contributed by atoms with Crippen molar-refractivity contribution in [2.24, 2.45) is 0 Å². The molecule has 0 saturated carbocycles. The van der Waals surface area contributed by atoms with Gasteiger partial charge in [-0.05, 0) is 55.3 Å². The summed E-state index contributed by atoms with van der Waals surface area (Å²) in [7, 11) is -2.72. The van der Waals surface area contributed by atoms with Crippen molar-refractivity contribution in [1.29, 1.82) is 0 Å². The van der Waals surface area contributed by atoms with E-state index in [1.54, 1.807) is 49.4 Å². The fourth-order valence-electron chi connectivity index (χ4n) is 3.97. The number of hydrogen-bond donors (Lipinski definition) is 1. The minimum atomic E-state index is -4.16. The Kier molecular flexibility index (Phi) is 10.9. The van der Waals surface area contributed by atoms with E-state index in [9.17, 15) is 18.0 Å². The number of nitrogens with one attached hydrogen (secondary N) is 1. The highest BCUT2D eigenvalue weighted by Gasteiger charge is 2.33. The maximum Gasteiger partial charge on any atom is 0.264 e. The summed E-state index contributed by atoms with van der Waals surface area (Å²) in [6.45, 7) is 3.77. The molecule has 0 heterocycles. The second kappa shape index (κ2) is 14.1. The number of carbonyl (C=O) groups excluding carboxylic acids is 2. The number of rotatable bonds is 13. The number of unbranched alkanes of at least 4 members (excludes halogenated alkanes) is 1. The van der Waals surface area contributed by atoms with Crippen molar-refractivity contribution in [3.8, 4) is 5.75 Å². The summed E-state index contributed by atoms with van der Waals surface area (Å²) in [5.74, 6) is -0.528. The number of nitrogens with zero attached hydrogens (tertiary/aromatic N) is 2. The summed E-state index contributed by atoms with van der Waals surface area (Å²) >= 11 is 3.41. The molecule has 39 heavy (non-hydrogen) atoms. The van der Waals surface area contributed by atoms with E-state index in [4.69, 9.17) is 4.74 Å². The molecule has 10 heteroatoms. The molecule has 0 spiro atoms. The van der Waals surface area contributed by atoms with Gasteiger partial charge in [-0.25, -0.2) is 8.42 Å².